The van der Waals surface area contributed by atoms with Crippen molar-refractivity contribution in [2.75, 3.05) is 20.1 Å². The summed E-state index contributed by atoms with van der Waals surface area (Å²) in [5.74, 6) is -0.247. The summed E-state index contributed by atoms with van der Waals surface area (Å²) in [7, 11) is 1.74. The lowest BCUT2D eigenvalue weighted by molar-refractivity contribution is -0.138. The Morgan fingerprint density at radius 1 is 1.04 bits per heavy atom. The molecule has 0 unspecified atom stereocenters. The smallest absolute Gasteiger partial charge is 0.242 e. The maximum Gasteiger partial charge on any atom is 0.242 e. The van der Waals surface area contributed by atoms with Gasteiger partial charge in [-0.1, -0.05) is 59.6 Å². The number of halogens is 2. The number of amides is 2. The predicted octanol–water partition coefficient (Wildman–Crippen LogP) is 4.04. The molecule has 6 heteroatoms. The Morgan fingerprint density at radius 3 is 2.35 bits per heavy atom. The summed E-state index contributed by atoms with van der Waals surface area (Å²) in [5.41, 5.74) is 1.94. The van der Waals surface area contributed by atoms with E-state index in [1.165, 1.54) is 11.8 Å². The van der Waals surface area contributed by atoms with Crippen molar-refractivity contribution in [3.63, 3.8) is 0 Å². The highest BCUT2D eigenvalue weighted by Crippen LogP contribution is 2.21. The standard InChI is InChI=1S/C20H22Cl2N2O2/c1-15(25)24(11-10-17-8-9-18(21)12-19(17)22)14-20(26)23(2)13-16-6-4-3-5-7-16/h3-9,12H,10-11,13-14H2,1-2H3. The van der Waals surface area contributed by atoms with Crippen LogP contribution in [0, 0.1) is 0 Å². The molecule has 4 nitrogen and oxygen atoms in total. The van der Waals surface area contributed by atoms with Crippen molar-refractivity contribution in [1.82, 2.24) is 9.80 Å². The van der Waals surface area contributed by atoms with Gasteiger partial charge in [0.2, 0.25) is 11.8 Å². The minimum absolute atomic E-state index is 0.0455. The molecule has 2 aromatic rings. The van der Waals surface area contributed by atoms with Gasteiger partial charge in [-0.05, 0) is 29.7 Å². The van der Waals surface area contributed by atoms with Crippen LogP contribution in [0.2, 0.25) is 10.0 Å². The first-order valence-electron chi connectivity index (χ1n) is 8.34. The summed E-state index contributed by atoms with van der Waals surface area (Å²) in [4.78, 5) is 27.6. The van der Waals surface area contributed by atoms with Crippen LogP contribution in [0.15, 0.2) is 48.5 Å². The fourth-order valence-electron chi connectivity index (χ4n) is 2.56. The van der Waals surface area contributed by atoms with Crippen LogP contribution in [0.1, 0.15) is 18.1 Å². The first kappa shape index (κ1) is 20.3. The van der Waals surface area contributed by atoms with Crippen LogP contribution < -0.4 is 0 Å². The van der Waals surface area contributed by atoms with Crippen molar-refractivity contribution in [3.05, 3.63) is 69.7 Å². The number of hydrogen-bond donors (Lipinski definition) is 0. The second kappa shape index (κ2) is 9.60. The molecule has 0 atom stereocenters. The van der Waals surface area contributed by atoms with E-state index in [9.17, 15) is 9.59 Å². The van der Waals surface area contributed by atoms with Crippen LogP contribution >= 0.6 is 23.2 Å². The van der Waals surface area contributed by atoms with E-state index in [2.05, 4.69) is 0 Å². The molecule has 0 aliphatic heterocycles. The van der Waals surface area contributed by atoms with E-state index in [4.69, 9.17) is 23.2 Å². The number of carbonyl (C=O) groups excluding carboxylic acids is 2. The van der Waals surface area contributed by atoms with Crippen LogP contribution in [-0.2, 0) is 22.6 Å². The molecular weight excluding hydrogens is 371 g/mol. The molecule has 0 aliphatic rings. The van der Waals surface area contributed by atoms with E-state index in [0.717, 1.165) is 11.1 Å². The molecule has 2 amide bonds. The summed E-state index contributed by atoms with van der Waals surface area (Å²) in [6, 6.07) is 15.0. The third kappa shape index (κ3) is 6.04. The first-order valence-corrected chi connectivity index (χ1v) is 9.09. The minimum atomic E-state index is -0.142. The fourth-order valence-corrected chi connectivity index (χ4v) is 3.06. The molecule has 0 bridgehead atoms. The Labute approximate surface area is 164 Å². The van der Waals surface area contributed by atoms with Gasteiger partial charge in [-0.15, -0.1) is 0 Å². The Hall–Kier alpha value is -2.04. The molecule has 2 aromatic carbocycles. The number of hydrogen-bond acceptors (Lipinski definition) is 2. The number of likely N-dealkylation sites (N-methyl/N-ethyl adjacent to an activating group) is 1. The first-order chi connectivity index (χ1) is 12.4. The number of nitrogens with zero attached hydrogens (tertiary/aromatic N) is 2. The van der Waals surface area contributed by atoms with E-state index >= 15 is 0 Å². The van der Waals surface area contributed by atoms with Crippen LogP contribution in [-0.4, -0.2) is 41.8 Å². The van der Waals surface area contributed by atoms with Crippen molar-refractivity contribution < 1.29 is 9.59 Å². The lowest BCUT2D eigenvalue weighted by Crippen LogP contribution is -2.41. The molecule has 2 rings (SSSR count). The molecule has 0 saturated heterocycles. The van der Waals surface area contributed by atoms with Crippen LogP contribution in [0.3, 0.4) is 0 Å². The summed E-state index contributed by atoms with van der Waals surface area (Å²) >= 11 is 12.1. The van der Waals surface area contributed by atoms with Crippen LogP contribution in [0.5, 0.6) is 0 Å². The van der Waals surface area contributed by atoms with E-state index in [-0.39, 0.29) is 18.4 Å². The summed E-state index contributed by atoms with van der Waals surface area (Å²) in [6.07, 6.45) is 0.561. The molecule has 0 spiro atoms. The largest absolute Gasteiger partial charge is 0.340 e. The van der Waals surface area contributed by atoms with E-state index in [1.54, 1.807) is 24.1 Å². The second-order valence-corrected chi connectivity index (χ2v) is 7.01. The topological polar surface area (TPSA) is 40.6 Å². The van der Waals surface area contributed by atoms with Crippen molar-refractivity contribution in [2.24, 2.45) is 0 Å². The summed E-state index contributed by atoms with van der Waals surface area (Å²) in [6.45, 7) is 2.44. The van der Waals surface area contributed by atoms with Gasteiger partial charge in [-0.3, -0.25) is 9.59 Å². The Balaban J connectivity index is 1.94. The van der Waals surface area contributed by atoms with Crippen molar-refractivity contribution in [1.29, 1.82) is 0 Å². The maximum absolute atomic E-state index is 12.5. The summed E-state index contributed by atoms with van der Waals surface area (Å²) < 4.78 is 0. The van der Waals surface area contributed by atoms with Gasteiger partial charge in [-0.2, -0.15) is 0 Å². The average Bonchev–Trinajstić information content (AvgIpc) is 2.60. The Bertz CT molecular complexity index is 766. The molecule has 0 heterocycles. The highest BCUT2D eigenvalue weighted by atomic mass is 35.5. The third-order valence-corrected chi connectivity index (χ3v) is 4.71. The zero-order valence-electron chi connectivity index (χ0n) is 14.9. The zero-order valence-corrected chi connectivity index (χ0v) is 16.4. The van der Waals surface area contributed by atoms with Gasteiger partial charge in [0, 0.05) is 37.1 Å². The highest BCUT2D eigenvalue weighted by molar-refractivity contribution is 6.35. The van der Waals surface area contributed by atoms with Gasteiger partial charge in [-0.25, -0.2) is 0 Å². The lowest BCUT2D eigenvalue weighted by atomic mass is 10.1. The molecule has 0 saturated carbocycles. The van der Waals surface area contributed by atoms with Gasteiger partial charge in [0.1, 0.15) is 0 Å². The number of rotatable bonds is 7. The number of carbonyl (C=O) groups is 2. The molecule has 138 valence electrons. The molecule has 0 radical (unpaired) electrons. The normalized spacial score (nSPS) is 10.5. The quantitative estimate of drug-likeness (QED) is 0.712. The number of benzene rings is 2. The van der Waals surface area contributed by atoms with Crippen LogP contribution in [0.25, 0.3) is 0 Å². The third-order valence-electron chi connectivity index (χ3n) is 4.13. The SMILES string of the molecule is CC(=O)N(CCc1ccc(Cl)cc1Cl)CC(=O)N(C)Cc1ccccc1. The van der Waals surface area contributed by atoms with Crippen molar-refractivity contribution in [3.8, 4) is 0 Å². The van der Waals surface area contributed by atoms with Gasteiger partial charge in [0.05, 0.1) is 6.54 Å². The minimum Gasteiger partial charge on any atom is -0.340 e. The van der Waals surface area contributed by atoms with E-state index in [1.807, 2.05) is 36.4 Å². The van der Waals surface area contributed by atoms with Gasteiger partial charge >= 0.3 is 0 Å². The predicted molar refractivity (Wildman–Crippen MR) is 105 cm³/mol. The Kier molecular flexibility index (Phi) is 7.49. The van der Waals surface area contributed by atoms with Crippen LogP contribution in [0.4, 0.5) is 0 Å². The zero-order chi connectivity index (χ0) is 19.1. The highest BCUT2D eigenvalue weighted by Gasteiger charge is 2.17. The maximum atomic E-state index is 12.5. The second-order valence-electron chi connectivity index (χ2n) is 6.16. The van der Waals surface area contributed by atoms with Gasteiger partial charge in [0.15, 0.2) is 0 Å². The van der Waals surface area contributed by atoms with Gasteiger partial charge in [0.25, 0.3) is 0 Å². The molecule has 0 aromatic heterocycles. The summed E-state index contributed by atoms with van der Waals surface area (Å²) in [5, 5.41) is 1.13. The lowest BCUT2D eigenvalue weighted by Gasteiger charge is -2.24. The van der Waals surface area contributed by atoms with E-state index < -0.39 is 0 Å². The molecule has 0 fully saturated rings. The average molecular weight is 393 g/mol. The molecule has 0 N–H and O–H groups in total. The fraction of sp³-hybridized carbons (Fsp3) is 0.300. The Morgan fingerprint density at radius 2 is 1.73 bits per heavy atom. The molecular formula is C20H22Cl2N2O2. The van der Waals surface area contributed by atoms with Gasteiger partial charge < -0.3 is 9.80 Å². The van der Waals surface area contributed by atoms with Crippen molar-refractivity contribution >= 4 is 35.0 Å². The molecule has 26 heavy (non-hydrogen) atoms. The molecule has 0 aliphatic carbocycles. The van der Waals surface area contributed by atoms with Crippen molar-refractivity contribution in [2.45, 2.75) is 19.9 Å². The van der Waals surface area contributed by atoms with E-state index in [0.29, 0.717) is 29.6 Å². The monoisotopic (exact) mass is 392 g/mol.